The van der Waals surface area contributed by atoms with Crippen LogP contribution in [0.25, 0.3) is 0 Å². The first-order chi connectivity index (χ1) is 12.0. The van der Waals surface area contributed by atoms with Gasteiger partial charge in [-0.15, -0.1) is 0 Å². The number of rotatable bonds is 9. The summed E-state index contributed by atoms with van der Waals surface area (Å²) in [4.78, 5) is 30.6. The van der Waals surface area contributed by atoms with E-state index < -0.39 is 11.2 Å². The van der Waals surface area contributed by atoms with Crippen LogP contribution in [0.4, 0.5) is 11.5 Å². The quantitative estimate of drug-likeness (QED) is 0.481. The lowest BCUT2D eigenvalue weighted by Gasteiger charge is -2.27. The van der Waals surface area contributed by atoms with Crippen LogP contribution in [-0.2, 0) is 14.1 Å². The van der Waals surface area contributed by atoms with E-state index in [1.165, 1.54) is 18.0 Å². The van der Waals surface area contributed by atoms with Crippen LogP contribution in [0.3, 0.4) is 0 Å². The molecular formula is C15H28N8O2. The van der Waals surface area contributed by atoms with Gasteiger partial charge in [0.15, 0.2) is 11.5 Å². The number of aromatic nitrogens is 2. The summed E-state index contributed by atoms with van der Waals surface area (Å²) in [5.74, 6) is 0.373. The fourth-order valence-electron chi connectivity index (χ4n) is 2.58. The molecule has 0 aromatic carbocycles. The first-order valence-electron chi connectivity index (χ1n) is 8.56. The number of nitrogens with one attached hydrogen (secondary N) is 3. The first kappa shape index (κ1) is 19.2. The van der Waals surface area contributed by atoms with E-state index in [1.54, 1.807) is 12.2 Å². The first-order valence-corrected chi connectivity index (χ1v) is 8.56. The molecule has 10 heteroatoms. The van der Waals surface area contributed by atoms with E-state index in [9.17, 15) is 9.59 Å². The lowest BCUT2D eigenvalue weighted by molar-refractivity contribution is 0.299. The van der Waals surface area contributed by atoms with Crippen LogP contribution in [-0.4, -0.2) is 64.8 Å². The minimum Gasteiger partial charge on any atom is -0.314 e. The maximum absolute atomic E-state index is 12.1. The Hall–Kier alpha value is -2.17. The zero-order valence-electron chi connectivity index (χ0n) is 15.4. The molecule has 2 heterocycles. The third kappa shape index (κ3) is 4.47. The van der Waals surface area contributed by atoms with Crippen LogP contribution in [0, 0.1) is 0 Å². The van der Waals surface area contributed by atoms with Crippen LogP contribution in [0.2, 0.25) is 0 Å². The molecule has 0 saturated carbocycles. The smallest absolute Gasteiger partial charge is 0.314 e. The number of hydrogen-bond donors (Lipinski definition) is 3. The van der Waals surface area contributed by atoms with Gasteiger partial charge < -0.3 is 10.2 Å². The van der Waals surface area contributed by atoms with E-state index in [2.05, 4.69) is 39.9 Å². The van der Waals surface area contributed by atoms with Gasteiger partial charge in [0.2, 0.25) is 0 Å². The van der Waals surface area contributed by atoms with E-state index in [4.69, 9.17) is 0 Å². The number of nitrogens with zero attached hydrogens (tertiary/aromatic N) is 5. The van der Waals surface area contributed by atoms with Crippen molar-refractivity contribution in [3.63, 3.8) is 0 Å². The molecule has 140 valence electrons. The standard InChI is InChI=1S/C15H28N8O2/c1-5-22(6-2)10-9-16-7-8-18-23-11-17-12-13(19-23)20(3)15(25)21(4)14(12)24/h11,16,18-19H,5-10H2,1-4H3. The average Bonchev–Trinajstić information content (AvgIpc) is 2.64. The number of fused-ring (bicyclic) bond motifs is 1. The summed E-state index contributed by atoms with van der Waals surface area (Å²) in [7, 11) is 3.04. The molecule has 1 aliphatic rings. The minimum atomic E-state index is -0.417. The molecule has 0 amide bonds. The van der Waals surface area contributed by atoms with Gasteiger partial charge in [-0.3, -0.25) is 19.4 Å². The summed E-state index contributed by atoms with van der Waals surface area (Å²) in [5.41, 5.74) is 5.53. The Labute approximate surface area is 147 Å². The summed E-state index contributed by atoms with van der Waals surface area (Å²) >= 11 is 0. The Morgan fingerprint density at radius 3 is 2.52 bits per heavy atom. The summed E-state index contributed by atoms with van der Waals surface area (Å²) in [6.45, 7) is 9.84. The molecule has 0 atom stereocenters. The Morgan fingerprint density at radius 1 is 1.12 bits per heavy atom. The third-order valence-corrected chi connectivity index (χ3v) is 4.25. The van der Waals surface area contributed by atoms with Gasteiger partial charge in [-0.05, 0) is 13.1 Å². The molecule has 0 radical (unpaired) electrons. The van der Waals surface area contributed by atoms with Gasteiger partial charge in [0.25, 0.3) is 5.56 Å². The minimum absolute atomic E-state index is 0.222. The topological polar surface area (TPSA) is 98.9 Å². The molecule has 0 spiro atoms. The highest BCUT2D eigenvalue weighted by atomic mass is 16.2. The molecule has 0 aliphatic carbocycles. The summed E-state index contributed by atoms with van der Waals surface area (Å²) in [6.07, 6.45) is 1.49. The molecule has 2 rings (SSSR count). The van der Waals surface area contributed by atoms with Gasteiger partial charge in [0.05, 0.1) is 0 Å². The summed E-state index contributed by atoms with van der Waals surface area (Å²) in [6, 6.07) is 0. The monoisotopic (exact) mass is 352 g/mol. The number of aliphatic imine (C=N–C) groups is 1. The largest absolute Gasteiger partial charge is 0.332 e. The Bertz CT molecular complexity index is 719. The molecule has 25 heavy (non-hydrogen) atoms. The molecule has 3 N–H and O–H groups in total. The number of hydrazine groups is 2. The predicted molar refractivity (Wildman–Crippen MR) is 99.2 cm³/mol. The predicted octanol–water partition coefficient (Wildman–Crippen LogP) is -1.18. The van der Waals surface area contributed by atoms with E-state index in [-0.39, 0.29) is 5.69 Å². The van der Waals surface area contributed by atoms with Gasteiger partial charge in [0, 0.05) is 40.3 Å². The summed E-state index contributed by atoms with van der Waals surface area (Å²) in [5, 5.41) is 4.92. The van der Waals surface area contributed by atoms with Gasteiger partial charge in [-0.25, -0.2) is 20.3 Å². The van der Waals surface area contributed by atoms with Crippen LogP contribution < -0.4 is 27.4 Å². The van der Waals surface area contributed by atoms with Crippen molar-refractivity contribution in [1.29, 1.82) is 0 Å². The molecule has 1 aromatic heterocycles. The molecule has 1 aromatic rings. The van der Waals surface area contributed by atoms with Crippen molar-refractivity contribution in [2.24, 2.45) is 19.1 Å². The maximum atomic E-state index is 12.1. The zero-order valence-corrected chi connectivity index (χ0v) is 15.4. The van der Waals surface area contributed by atoms with Gasteiger partial charge in [0.1, 0.15) is 6.34 Å². The van der Waals surface area contributed by atoms with Gasteiger partial charge in [-0.2, -0.15) is 0 Å². The Kier molecular flexibility index (Phi) is 6.73. The van der Waals surface area contributed by atoms with Crippen molar-refractivity contribution in [2.75, 3.05) is 44.7 Å². The van der Waals surface area contributed by atoms with Gasteiger partial charge in [-0.1, -0.05) is 13.8 Å². The van der Waals surface area contributed by atoms with E-state index in [0.717, 1.165) is 37.3 Å². The summed E-state index contributed by atoms with van der Waals surface area (Å²) < 4.78 is 2.41. The van der Waals surface area contributed by atoms with Crippen LogP contribution >= 0.6 is 0 Å². The van der Waals surface area contributed by atoms with Crippen molar-refractivity contribution in [3.8, 4) is 0 Å². The highest BCUT2D eigenvalue weighted by Gasteiger charge is 2.19. The van der Waals surface area contributed by atoms with Crippen LogP contribution in [0.5, 0.6) is 0 Å². The molecule has 1 aliphatic heterocycles. The number of likely N-dealkylation sites (N-methyl/N-ethyl adjacent to an activating group) is 1. The molecule has 10 nitrogen and oxygen atoms in total. The lowest BCUT2D eigenvalue weighted by atomic mass is 10.4. The number of hydrogen-bond acceptors (Lipinski definition) is 8. The molecule has 0 saturated heterocycles. The second-order valence-corrected chi connectivity index (χ2v) is 5.81. The molecule has 0 fully saturated rings. The normalized spacial score (nSPS) is 13.2. The Morgan fingerprint density at radius 2 is 1.84 bits per heavy atom. The molecule has 0 unspecified atom stereocenters. The SMILES string of the molecule is CCN(CC)CCNCCNN1C=Nc2c(n(C)c(=O)n(C)c2=O)N1. The molecular weight excluding hydrogens is 324 g/mol. The van der Waals surface area contributed by atoms with Crippen molar-refractivity contribution < 1.29 is 0 Å². The van der Waals surface area contributed by atoms with Gasteiger partial charge >= 0.3 is 5.69 Å². The van der Waals surface area contributed by atoms with Crippen molar-refractivity contribution in [2.45, 2.75) is 13.8 Å². The van der Waals surface area contributed by atoms with E-state index in [1.807, 2.05) is 0 Å². The second-order valence-electron chi connectivity index (χ2n) is 5.81. The second kappa shape index (κ2) is 8.79. The van der Waals surface area contributed by atoms with Crippen molar-refractivity contribution >= 4 is 17.8 Å². The highest BCUT2D eigenvalue weighted by Crippen LogP contribution is 2.20. The van der Waals surface area contributed by atoms with Crippen molar-refractivity contribution in [3.05, 3.63) is 20.8 Å². The zero-order chi connectivity index (χ0) is 18.4. The lowest BCUT2D eigenvalue weighted by Crippen LogP contribution is -2.48. The fourth-order valence-corrected chi connectivity index (χ4v) is 2.58. The number of anilines is 1. The fraction of sp³-hybridized carbons (Fsp3) is 0.667. The van der Waals surface area contributed by atoms with Crippen molar-refractivity contribution in [1.82, 2.24) is 29.9 Å². The Balaban J connectivity index is 1.83. The third-order valence-electron chi connectivity index (χ3n) is 4.25. The van der Waals surface area contributed by atoms with Crippen LogP contribution in [0.15, 0.2) is 14.6 Å². The van der Waals surface area contributed by atoms with E-state index in [0.29, 0.717) is 12.4 Å². The highest BCUT2D eigenvalue weighted by molar-refractivity contribution is 5.73. The van der Waals surface area contributed by atoms with Crippen LogP contribution in [0.1, 0.15) is 13.8 Å². The average molecular weight is 352 g/mol. The molecule has 0 bridgehead atoms. The van der Waals surface area contributed by atoms with E-state index >= 15 is 0 Å². The maximum Gasteiger partial charge on any atom is 0.332 e.